The highest BCUT2D eigenvalue weighted by Crippen LogP contribution is 2.31. The third kappa shape index (κ3) is 3.42. The van der Waals surface area contributed by atoms with Gasteiger partial charge < -0.3 is 5.11 Å². The molecule has 0 amide bonds. The molecule has 1 aromatic heterocycles. The van der Waals surface area contributed by atoms with E-state index < -0.39 is 21.8 Å². The summed E-state index contributed by atoms with van der Waals surface area (Å²) in [6.45, 7) is 1.62. The number of carbonyl (C=O) groups is 1. The maximum absolute atomic E-state index is 13.2. The van der Waals surface area contributed by atoms with Crippen molar-refractivity contribution in [3.05, 3.63) is 44.3 Å². The number of thiophene rings is 1. The number of benzene rings is 1. The molecule has 0 atom stereocenters. The molecule has 0 aliphatic heterocycles. The van der Waals surface area contributed by atoms with Gasteiger partial charge in [-0.2, -0.15) is 0 Å². The van der Waals surface area contributed by atoms with Gasteiger partial charge in [0.15, 0.2) is 0 Å². The van der Waals surface area contributed by atoms with E-state index in [0.717, 1.165) is 18.2 Å². The summed E-state index contributed by atoms with van der Waals surface area (Å²) in [6.07, 6.45) is 0. The molecule has 0 unspecified atom stereocenters. The Labute approximate surface area is 132 Å². The molecular weight excluding hydrogens is 385 g/mol. The molecule has 112 valence electrons. The second-order valence-electron chi connectivity index (χ2n) is 4.07. The van der Waals surface area contributed by atoms with Crippen LogP contribution < -0.4 is 4.72 Å². The second kappa shape index (κ2) is 5.74. The summed E-state index contributed by atoms with van der Waals surface area (Å²) in [5, 5.41) is 9.02. The van der Waals surface area contributed by atoms with Crippen LogP contribution in [-0.2, 0) is 10.0 Å². The number of hydrogen-bond donors (Lipinski definition) is 2. The monoisotopic (exact) mass is 393 g/mol. The molecule has 0 aliphatic rings. The summed E-state index contributed by atoms with van der Waals surface area (Å²) in [5.74, 6) is -2.09. The number of carboxylic acid groups (broad SMARTS) is 1. The van der Waals surface area contributed by atoms with Gasteiger partial charge in [0, 0.05) is 4.88 Å². The van der Waals surface area contributed by atoms with Crippen molar-refractivity contribution in [2.75, 3.05) is 4.72 Å². The number of anilines is 1. The zero-order valence-corrected chi connectivity index (χ0v) is 13.8. The molecule has 2 N–H and O–H groups in total. The largest absolute Gasteiger partial charge is 0.478 e. The number of aromatic carboxylic acids is 1. The molecule has 1 aromatic carbocycles. The molecule has 21 heavy (non-hydrogen) atoms. The van der Waals surface area contributed by atoms with Crippen LogP contribution in [-0.4, -0.2) is 19.5 Å². The van der Waals surface area contributed by atoms with Gasteiger partial charge in [0.25, 0.3) is 10.0 Å². The summed E-state index contributed by atoms with van der Waals surface area (Å²) < 4.78 is 40.5. The zero-order valence-electron chi connectivity index (χ0n) is 10.6. The lowest BCUT2D eigenvalue weighted by Gasteiger charge is -2.10. The van der Waals surface area contributed by atoms with Crippen LogP contribution >= 0.6 is 27.3 Å². The first kappa shape index (κ1) is 15.9. The highest BCUT2D eigenvalue weighted by molar-refractivity contribution is 9.11. The molecule has 9 heteroatoms. The molecule has 0 fully saturated rings. The standard InChI is InChI=1S/C12H9BrFNO4S2/c1-6-10(5-11(13)20-6)21(18,19)15-9-4-7(14)2-3-8(9)12(16)17/h2-5,15H,1H3,(H,16,17). The minimum absolute atomic E-state index is 0.0139. The van der Waals surface area contributed by atoms with Crippen LogP contribution in [0.25, 0.3) is 0 Å². The van der Waals surface area contributed by atoms with Crippen molar-refractivity contribution in [2.45, 2.75) is 11.8 Å². The van der Waals surface area contributed by atoms with Gasteiger partial charge in [-0.25, -0.2) is 17.6 Å². The van der Waals surface area contributed by atoms with Crippen molar-refractivity contribution >= 4 is 48.9 Å². The third-order valence-corrected chi connectivity index (χ3v) is 5.76. The minimum Gasteiger partial charge on any atom is -0.478 e. The Kier molecular flexibility index (Phi) is 4.35. The third-order valence-electron chi connectivity index (χ3n) is 2.59. The molecule has 2 aromatic rings. The Hall–Kier alpha value is -1.45. The fourth-order valence-electron chi connectivity index (χ4n) is 1.68. The van der Waals surface area contributed by atoms with Crippen LogP contribution in [0.1, 0.15) is 15.2 Å². The van der Waals surface area contributed by atoms with Crippen molar-refractivity contribution in [3.8, 4) is 0 Å². The van der Waals surface area contributed by atoms with Gasteiger partial charge in [-0.15, -0.1) is 11.3 Å². The Bertz CT molecular complexity index is 817. The van der Waals surface area contributed by atoms with Crippen LogP contribution in [0.3, 0.4) is 0 Å². The second-order valence-corrected chi connectivity index (χ2v) is 8.36. The van der Waals surface area contributed by atoms with Crippen molar-refractivity contribution in [1.82, 2.24) is 0 Å². The molecule has 2 rings (SSSR count). The van der Waals surface area contributed by atoms with E-state index in [1.165, 1.54) is 17.4 Å². The molecule has 0 radical (unpaired) electrons. The van der Waals surface area contributed by atoms with Gasteiger partial charge >= 0.3 is 5.97 Å². The van der Waals surface area contributed by atoms with Gasteiger partial charge in [0.1, 0.15) is 10.7 Å². The molecule has 5 nitrogen and oxygen atoms in total. The minimum atomic E-state index is -4.00. The lowest BCUT2D eigenvalue weighted by molar-refractivity contribution is 0.0698. The number of aryl methyl sites for hydroxylation is 1. The average molecular weight is 394 g/mol. The molecule has 0 saturated heterocycles. The zero-order chi connectivity index (χ0) is 15.8. The predicted octanol–water partition coefficient (Wildman–Crippen LogP) is 3.46. The molecule has 0 aliphatic carbocycles. The molecule has 0 bridgehead atoms. The summed E-state index contributed by atoms with van der Waals surface area (Å²) >= 11 is 4.41. The maximum Gasteiger partial charge on any atom is 0.337 e. The summed E-state index contributed by atoms with van der Waals surface area (Å²) in [6, 6.07) is 4.19. The van der Waals surface area contributed by atoms with Gasteiger partial charge in [-0.05, 0) is 47.1 Å². The first-order valence-corrected chi connectivity index (χ1v) is 8.61. The molecular formula is C12H9BrFNO4S2. The average Bonchev–Trinajstić information content (AvgIpc) is 2.68. The van der Waals surface area contributed by atoms with Gasteiger partial charge in [0.05, 0.1) is 15.0 Å². The Balaban J connectivity index is 2.48. The van der Waals surface area contributed by atoms with Crippen molar-refractivity contribution in [1.29, 1.82) is 0 Å². The highest BCUT2D eigenvalue weighted by atomic mass is 79.9. The van der Waals surface area contributed by atoms with Crippen molar-refractivity contribution in [3.63, 3.8) is 0 Å². The fraction of sp³-hybridized carbons (Fsp3) is 0.0833. The van der Waals surface area contributed by atoms with E-state index in [2.05, 4.69) is 20.7 Å². The number of sulfonamides is 1. The quantitative estimate of drug-likeness (QED) is 0.832. The normalized spacial score (nSPS) is 11.4. The smallest absolute Gasteiger partial charge is 0.337 e. The Morgan fingerprint density at radius 2 is 2.05 bits per heavy atom. The summed E-state index contributed by atoms with van der Waals surface area (Å²) in [7, 11) is -4.00. The van der Waals surface area contributed by atoms with Crippen LogP contribution in [0.4, 0.5) is 10.1 Å². The van der Waals surface area contributed by atoms with E-state index in [-0.39, 0.29) is 16.1 Å². The van der Waals surface area contributed by atoms with Gasteiger partial charge in [0.2, 0.25) is 0 Å². The lowest BCUT2D eigenvalue weighted by Crippen LogP contribution is -2.16. The van der Waals surface area contributed by atoms with E-state index >= 15 is 0 Å². The number of halogens is 2. The summed E-state index contributed by atoms with van der Waals surface area (Å²) in [5.41, 5.74) is -0.642. The fourth-order valence-corrected chi connectivity index (χ4v) is 5.17. The first-order chi connectivity index (χ1) is 9.70. The molecule has 0 saturated carbocycles. The Morgan fingerprint density at radius 1 is 1.38 bits per heavy atom. The molecule has 1 heterocycles. The highest BCUT2D eigenvalue weighted by Gasteiger charge is 2.22. The Morgan fingerprint density at radius 3 is 2.57 bits per heavy atom. The number of rotatable bonds is 4. The van der Waals surface area contributed by atoms with E-state index in [1.807, 2.05) is 0 Å². The SMILES string of the molecule is Cc1sc(Br)cc1S(=O)(=O)Nc1cc(F)ccc1C(=O)O. The number of nitrogens with one attached hydrogen (secondary N) is 1. The number of carboxylic acids is 1. The van der Waals surface area contributed by atoms with Crippen LogP contribution in [0, 0.1) is 12.7 Å². The lowest BCUT2D eigenvalue weighted by atomic mass is 10.2. The van der Waals surface area contributed by atoms with E-state index in [1.54, 1.807) is 6.92 Å². The van der Waals surface area contributed by atoms with Crippen molar-refractivity contribution < 1.29 is 22.7 Å². The van der Waals surface area contributed by atoms with E-state index in [0.29, 0.717) is 8.66 Å². The molecule has 0 spiro atoms. The van der Waals surface area contributed by atoms with Gasteiger partial charge in [-0.1, -0.05) is 0 Å². The topological polar surface area (TPSA) is 83.5 Å². The van der Waals surface area contributed by atoms with E-state index in [9.17, 15) is 17.6 Å². The number of hydrogen-bond acceptors (Lipinski definition) is 4. The van der Waals surface area contributed by atoms with Gasteiger partial charge in [-0.3, -0.25) is 4.72 Å². The van der Waals surface area contributed by atoms with Crippen LogP contribution in [0.2, 0.25) is 0 Å². The maximum atomic E-state index is 13.2. The summed E-state index contributed by atoms with van der Waals surface area (Å²) in [4.78, 5) is 11.6. The van der Waals surface area contributed by atoms with Crippen molar-refractivity contribution in [2.24, 2.45) is 0 Å². The van der Waals surface area contributed by atoms with E-state index in [4.69, 9.17) is 5.11 Å². The van der Waals surface area contributed by atoms with Crippen LogP contribution in [0.15, 0.2) is 32.9 Å². The first-order valence-electron chi connectivity index (χ1n) is 5.52. The van der Waals surface area contributed by atoms with Crippen LogP contribution in [0.5, 0.6) is 0 Å². The predicted molar refractivity (Wildman–Crippen MR) is 80.9 cm³/mol.